The Balaban J connectivity index is 2.17. The third-order valence-electron chi connectivity index (χ3n) is 4.78. The van der Waals surface area contributed by atoms with Crippen LogP contribution in [0.4, 0.5) is 0 Å². The summed E-state index contributed by atoms with van der Waals surface area (Å²) in [6.45, 7) is 6.60. The lowest BCUT2D eigenvalue weighted by Crippen LogP contribution is -2.30. The van der Waals surface area contributed by atoms with Gasteiger partial charge in [-0.25, -0.2) is 0 Å². The van der Waals surface area contributed by atoms with Gasteiger partial charge in [0.15, 0.2) is 5.78 Å². The van der Waals surface area contributed by atoms with E-state index in [1.165, 1.54) is 24.0 Å². The van der Waals surface area contributed by atoms with Gasteiger partial charge in [0.25, 0.3) is 0 Å². The molecule has 0 radical (unpaired) electrons. The van der Waals surface area contributed by atoms with Crippen LogP contribution in [0.25, 0.3) is 0 Å². The zero-order chi connectivity index (χ0) is 10.8. The molecule has 15 heavy (non-hydrogen) atoms. The van der Waals surface area contributed by atoms with E-state index < -0.39 is 0 Å². The highest BCUT2D eigenvalue weighted by Crippen LogP contribution is 2.63. The molecule has 80 valence electrons. The van der Waals surface area contributed by atoms with Gasteiger partial charge in [0.05, 0.1) is 0 Å². The Kier molecular flexibility index (Phi) is 1.65. The Morgan fingerprint density at radius 1 is 1.33 bits per heavy atom. The van der Waals surface area contributed by atoms with Crippen LogP contribution >= 0.6 is 0 Å². The average molecular weight is 202 g/mol. The molecule has 0 amide bonds. The van der Waals surface area contributed by atoms with Gasteiger partial charge in [-0.1, -0.05) is 25.5 Å². The SMILES string of the molecule is CC1=C2CC(C)C=C2C(=O)C(C)C12CC2. The second-order valence-electron chi connectivity index (χ2n) is 5.61. The van der Waals surface area contributed by atoms with Crippen molar-refractivity contribution in [1.29, 1.82) is 0 Å². The number of fused-ring (bicyclic) bond motifs is 1. The number of carbonyl (C=O) groups is 1. The van der Waals surface area contributed by atoms with Crippen molar-refractivity contribution in [2.24, 2.45) is 17.3 Å². The highest BCUT2D eigenvalue weighted by molar-refractivity contribution is 6.04. The van der Waals surface area contributed by atoms with Crippen LogP contribution in [0.5, 0.6) is 0 Å². The van der Waals surface area contributed by atoms with Crippen molar-refractivity contribution >= 4 is 5.78 Å². The number of hydrogen-bond acceptors (Lipinski definition) is 1. The molecule has 0 aliphatic heterocycles. The van der Waals surface area contributed by atoms with Gasteiger partial charge in [0.2, 0.25) is 0 Å². The van der Waals surface area contributed by atoms with E-state index in [0.29, 0.717) is 11.7 Å². The van der Waals surface area contributed by atoms with Crippen LogP contribution in [0.1, 0.15) is 40.0 Å². The monoisotopic (exact) mass is 202 g/mol. The summed E-state index contributed by atoms with van der Waals surface area (Å²) in [5.74, 6) is 1.21. The van der Waals surface area contributed by atoms with Gasteiger partial charge in [-0.05, 0) is 37.7 Å². The van der Waals surface area contributed by atoms with Crippen LogP contribution in [0, 0.1) is 17.3 Å². The van der Waals surface area contributed by atoms with Crippen LogP contribution in [-0.4, -0.2) is 5.78 Å². The molecule has 0 aromatic heterocycles. The second-order valence-corrected chi connectivity index (χ2v) is 5.61. The fourth-order valence-corrected chi connectivity index (χ4v) is 3.51. The molecule has 0 aromatic carbocycles. The van der Waals surface area contributed by atoms with Crippen molar-refractivity contribution in [3.05, 3.63) is 22.8 Å². The quantitative estimate of drug-likeness (QED) is 0.589. The van der Waals surface area contributed by atoms with Crippen molar-refractivity contribution in [2.75, 3.05) is 0 Å². The molecule has 2 unspecified atom stereocenters. The molecule has 1 spiro atoms. The van der Waals surface area contributed by atoms with Gasteiger partial charge in [0.1, 0.15) is 0 Å². The van der Waals surface area contributed by atoms with Crippen molar-refractivity contribution in [1.82, 2.24) is 0 Å². The number of carbonyl (C=O) groups excluding carboxylic acids is 1. The van der Waals surface area contributed by atoms with Crippen molar-refractivity contribution in [3.8, 4) is 0 Å². The summed E-state index contributed by atoms with van der Waals surface area (Å²) in [6, 6.07) is 0. The topological polar surface area (TPSA) is 17.1 Å². The van der Waals surface area contributed by atoms with E-state index in [0.717, 1.165) is 12.0 Å². The summed E-state index contributed by atoms with van der Waals surface area (Å²) in [6.07, 6.45) is 5.75. The normalized spacial score (nSPS) is 37.0. The van der Waals surface area contributed by atoms with Crippen molar-refractivity contribution in [3.63, 3.8) is 0 Å². The Hall–Kier alpha value is -0.850. The average Bonchev–Trinajstić information content (AvgIpc) is 2.92. The molecule has 0 heterocycles. The lowest BCUT2D eigenvalue weighted by molar-refractivity contribution is -0.120. The molecule has 1 fully saturated rings. The molecule has 1 heteroatoms. The Bertz CT molecular complexity index is 407. The van der Waals surface area contributed by atoms with Gasteiger partial charge < -0.3 is 0 Å². The van der Waals surface area contributed by atoms with E-state index in [-0.39, 0.29) is 11.3 Å². The molecular weight excluding hydrogens is 184 g/mol. The fourth-order valence-electron chi connectivity index (χ4n) is 3.51. The summed E-state index contributed by atoms with van der Waals surface area (Å²) in [7, 11) is 0. The van der Waals surface area contributed by atoms with E-state index >= 15 is 0 Å². The van der Waals surface area contributed by atoms with E-state index in [9.17, 15) is 4.79 Å². The van der Waals surface area contributed by atoms with E-state index in [2.05, 4.69) is 26.8 Å². The fraction of sp³-hybridized carbons (Fsp3) is 0.643. The molecule has 0 aromatic rings. The highest BCUT2D eigenvalue weighted by Gasteiger charge is 2.55. The first kappa shape index (κ1) is 9.38. The van der Waals surface area contributed by atoms with Crippen LogP contribution in [0.2, 0.25) is 0 Å². The standard InChI is InChI=1S/C14H18O/c1-8-6-11-9(2)14(4-5-14)10(3)13(15)12(11)7-8/h7-8,10H,4-6H2,1-3H3. The van der Waals surface area contributed by atoms with Gasteiger partial charge in [0, 0.05) is 16.9 Å². The lowest BCUT2D eigenvalue weighted by atomic mass is 9.71. The number of Topliss-reactive ketones (excluding diaryl/α,β-unsaturated/α-hetero) is 1. The largest absolute Gasteiger partial charge is 0.294 e. The Morgan fingerprint density at radius 2 is 2.00 bits per heavy atom. The zero-order valence-electron chi connectivity index (χ0n) is 9.76. The first-order chi connectivity index (χ1) is 7.06. The van der Waals surface area contributed by atoms with Gasteiger partial charge in [-0.3, -0.25) is 4.79 Å². The van der Waals surface area contributed by atoms with Crippen LogP contribution in [-0.2, 0) is 4.79 Å². The maximum absolute atomic E-state index is 12.3. The van der Waals surface area contributed by atoms with Crippen LogP contribution < -0.4 is 0 Å². The van der Waals surface area contributed by atoms with Crippen LogP contribution in [0.15, 0.2) is 22.8 Å². The maximum atomic E-state index is 12.3. The number of hydrogen-bond donors (Lipinski definition) is 0. The number of ketones is 1. The third kappa shape index (κ3) is 1.01. The predicted octanol–water partition coefficient (Wildman–Crippen LogP) is 3.27. The Morgan fingerprint density at radius 3 is 2.60 bits per heavy atom. The highest BCUT2D eigenvalue weighted by atomic mass is 16.1. The van der Waals surface area contributed by atoms with E-state index in [4.69, 9.17) is 0 Å². The molecule has 3 rings (SSSR count). The first-order valence-corrected chi connectivity index (χ1v) is 6.03. The third-order valence-corrected chi connectivity index (χ3v) is 4.78. The summed E-state index contributed by atoms with van der Waals surface area (Å²) in [5, 5.41) is 0. The molecule has 0 saturated heterocycles. The van der Waals surface area contributed by atoms with Crippen LogP contribution in [0.3, 0.4) is 0 Å². The van der Waals surface area contributed by atoms with Gasteiger partial charge in [-0.2, -0.15) is 0 Å². The minimum Gasteiger partial charge on any atom is -0.294 e. The Labute approximate surface area is 91.2 Å². The predicted molar refractivity (Wildman–Crippen MR) is 60.4 cm³/mol. The molecule has 0 bridgehead atoms. The molecule has 3 aliphatic rings. The molecule has 2 atom stereocenters. The van der Waals surface area contributed by atoms with E-state index in [1.807, 2.05) is 0 Å². The smallest absolute Gasteiger partial charge is 0.166 e. The number of allylic oxidation sites excluding steroid dienone is 4. The zero-order valence-corrected chi connectivity index (χ0v) is 9.76. The first-order valence-electron chi connectivity index (χ1n) is 6.03. The molecular formula is C14H18O. The minimum atomic E-state index is 0.234. The maximum Gasteiger partial charge on any atom is 0.166 e. The molecule has 0 N–H and O–H groups in total. The second kappa shape index (κ2) is 2.63. The molecule has 3 aliphatic carbocycles. The minimum absolute atomic E-state index is 0.234. The lowest BCUT2D eigenvalue weighted by Gasteiger charge is -2.31. The molecule has 1 saturated carbocycles. The summed E-state index contributed by atoms with van der Waals surface area (Å²) >= 11 is 0. The summed E-state index contributed by atoms with van der Waals surface area (Å²) in [4.78, 5) is 12.3. The molecule has 1 nitrogen and oxygen atoms in total. The summed E-state index contributed by atoms with van der Waals surface area (Å²) in [5.41, 5.74) is 4.27. The summed E-state index contributed by atoms with van der Waals surface area (Å²) < 4.78 is 0. The number of rotatable bonds is 0. The van der Waals surface area contributed by atoms with Crippen molar-refractivity contribution in [2.45, 2.75) is 40.0 Å². The van der Waals surface area contributed by atoms with Gasteiger partial charge >= 0.3 is 0 Å². The van der Waals surface area contributed by atoms with Gasteiger partial charge in [-0.15, -0.1) is 0 Å². The van der Waals surface area contributed by atoms with E-state index in [1.54, 1.807) is 0 Å². The van der Waals surface area contributed by atoms with Crippen molar-refractivity contribution < 1.29 is 4.79 Å².